The molecule has 0 aliphatic carbocycles. The molecule has 1 aliphatic rings. The Morgan fingerprint density at radius 2 is 1.73 bits per heavy atom. The predicted octanol–water partition coefficient (Wildman–Crippen LogP) is 6.05. The van der Waals surface area contributed by atoms with Crippen LogP contribution in [0.3, 0.4) is 0 Å². The number of hydrogen-bond acceptors (Lipinski definition) is 1. The molecule has 1 heterocycles. The summed E-state index contributed by atoms with van der Waals surface area (Å²) in [6.45, 7) is 4.61. The van der Waals surface area contributed by atoms with E-state index in [4.69, 9.17) is 0 Å². The minimum absolute atomic E-state index is 0.697. The lowest BCUT2D eigenvalue weighted by atomic mass is 9.87. The molecule has 1 heteroatoms. The highest BCUT2D eigenvalue weighted by Crippen LogP contribution is 2.32. The first kappa shape index (κ1) is 17.5. The van der Waals surface area contributed by atoms with E-state index in [0.29, 0.717) is 12.0 Å². The van der Waals surface area contributed by atoms with Gasteiger partial charge in [0.1, 0.15) is 0 Å². The third-order valence-corrected chi connectivity index (χ3v) is 5.25. The Hall–Kier alpha value is -0.820. The van der Waals surface area contributed by atoms with Gasteiger partial charge in [-0.25, -0.2) is 0 Å². The van der Waals surface area contributed by atoms with Crippen molar-refractivity contribution in [3.05, 3.63) is 35.9 Å². The summed E-state index contributed by atoms with van der Waals surface area (Å²) < 4.78 is 0. The summed E-state index contributed by atoms with van der Waals surface area (Å²) in [7, 11) is 0. The van der Waals surface area contributed by atoms with Gasteiger partial charge < -0.3 is 5.32 Å². The highest BCUT2D eigenvalue weighted by atomic mass is 15.0. The molecule has 22 heavy (non-hydrogen) atoms. The third kappa shape index (κ3) is 5.43. The predicted molar refractivity (Wildman–Crippen MR) is 97.4 cm³/mol. The molecule has 124 valence electrons. The monoisotopic (exact) mass is 301 g/mol. The minimum atomic E-state index is 0.697. The van der Waals surface area contributed by atoms with Crippen molar-refractivity contribution < 1.29 is 0 Å². The zero-order chi connectivity index (χ0) is 15.6. The Morgan fingerprint density at radius 1 is 0.955 bits per heavy atom. The molecule has 0 amide bonds. The van der Waals surface area contributed by atoms with Crippen molar-refractivity contribution in [3.63, 3.8) is 0 Å². The van der Waals surface area contributed by atoms with E-state index in [1.165, 1.54) is 69.8 Å². The van der Waals surface area contributed by atoms with Gasteiger partial charge >= 0.3 is 0 Å². The summed E-state index contributed by atoms with van der Waals surface area (Å²) in [6.07, 6.45) is 13.7. The molecule has 3 atom stereocenters. The van der Waals surface area contributed by atoms with Crippen LogP contribution in [0, 0.1) is 0 Å². The molecular formula is C21H35N. The van der Waals surface area contributed by atoms with E-state index in [1.54, 1.807) is 0 Å². The largest absolute Gasteiger partial charge is 0.311 e. The standard InChI is InChI=1S/C21H35N/c1-3-5-6-7-11-15-19-16-17-21(22-19)20(12-4-2)18-13-9-8-10-14-18/h8-10,13-14,19-22H,3-7,11-12,15-17H2,1-2H3/t19-,20+,21+/m0/s1. The van der Waals surface area contributed by atoms with E-state index in [-0.39, 0.29) is 0 Å². The fraction of sp³-hybridized carbons (Fsp3) is 0.714. The summed E-state index contributed by atoms with van der Waals surface area (Å²) >= 11 is 0. The van der Waals surface area contributed by atoms with Crippen LogP contribution < -0.4 is 5.32 Å². The van der Waals surface area contributed by atoms with Crippen LogP contribution in [-0.4, -0.2) is 12.1 Å². The van der Waals surface area contributed by atoms with Crippen LogP contribution in [0.15, 0.2) is 30.3 Å². The normalized spacial score (nSPS) is 22.8. The molecule has 2 rings (SSSR count). The molecule has 1 aromatic rings. The van der Waals surface area contributed by atoms with Gasteiger partial charge in [-0.2, -0.15) is 0 Å². The molecule has 0 radical (unpaired) electrons. The van der Waals surface area contributed by atoms with Gasteiger partial charge in [-0.05, 0) is 37.2 Å². The average molecular weight is 302 g/mol. The molecule has 1 nitrogen and oxygen atoms in total. The lowest BCUT2D eigenvalue weighted by Crippen LogP contribution is -2.34. The first-order valence-electron chi connectivity index (χ1n) is 9.66. The lowest BCUT2D eigenvalue weighted by Gasteiger charge is -2.25. The topological polar surface area (TPSA) is 12.0 Å². The van der Waals surface area contributed by atoms with E-state index in [0.717, 1.165) is 6.04 Å². The van der Waals surface area contributed by atoms with Gasteiger partial charge in [0.25, 0.3) is 0 Å². The van der Waals surface area contributed by atoms with Crippen molar-refractivity contribution in [1.82, 2.24) is 5.32 Å². The molecule has 1 N–H and O–H groups in total. The van der Waals surface area contributed by atoms with Gasteiger partial charge in [0, 0.05) is 12.1 Å². The quantitative estimate of drug-likeness (QED) is 0.519. The highest BCUT2D eigenvalue weighted by molar-refractivity contribution is 5.22. The fourth-order valence-corrected chi connectivity index (χ4v) is 4.00. The van der Waals surface area contributed by atoms with Crippen LogP contribution in [0.1, 0.15) is 89.5 Å². The van der Waals surface area contributed by atoms with Crippen molar-refractivity contribution in [2.24, 2.45) is 0 Å². The van der Waals surface area contributed by atoms with E-state index < -0.39 is 0 Å². The fourth-order valence-electron chi connectivity index (χ4n) is 4.00. The van der Waals surface area contributed by atoms with Gasteiger partial charge in [0.05, 0.1) is 0 Å². The highest BCUT2D eigenvalue weighted by Gasteiger charge is 2.30. The Bertz CT molecular complexity index is 386. The van der Waals surface area contributed by atoms with E-state index in [2.05, 4.69) is 49.5 Å². The van der Waals surface area contributed by atoms with Gasteiger partial charge in [0.15, 0.2) is 0 Å². The first-order valence-corrected chi connectivity index (χ1v) is 9.66. The van der Waals surface area contributed by atoms with Gasteiger partial charge in [0.2, 0.25) is 0 Å². The van der Waals surface area contributed by atoms with Crippen LogP contribution >= 0.6 is 0 Å². The SMILES string of the molecule is CCCCCCC[C@H]1CC[C@H]([C@H](CCC)c2ccccc2)N1. The number of benzene rings is 1. The van der Waals surface area contributed by atoms with E-state index >= 15 is 0 Å². The molecule has 1 fully saturated rings. The Labute approximate surface area is 137 Å². The van der Waals surface area contributed by atoms with E-state index in [9.17, 15) is 0 Å². The summed E-state index contributed by atoms with van der Waals surface area (Å²) in [6, 6.07) is 12.6. The maximum atomic E-state index is 3.97. The number of nitrogens with one attached hydrogen (secondary N) is 1. The van der Waals surface area contributed by atoms with Crippen molar-refractivity contribution in [3.8, 4) is 0 Å². The average Bonchev–Trinajstić information content (AvgIpc) is 3.02. The van der Waals surface area contributed by atoms with E-state index in [1.807, 2.05) is 0 Å². The molecular weight excluding hydrogens is 266 g/mol. The second-order valence-corrected chi connectivity index (χ2v) is 7.06. The summed E-state index contributed by atoms with van der Waals surface area (Å²) in [5, 5.41) is 3.97. The summed E-state index contributed by atoms with van der Waals surface area (Å²) in [4.78, 5) is 0. The van der Waals surface area contributed by atoms with Crippen LogP contribution in [0.2, 0.25) is 0 Å². The smallest absolute Gasteiger partial charge is 0.0139 e. The molecule has 1 aromatic carbocycles. The third-order valence-electron chi connectivity index (χ3n) is 5.25. The second-order valence-electron chi connectivity index (χ2n) is 7.06. The molecule has 0 spiro atoms. The Kier molecular flexibility index (Phi) is 8.01. The molecule has 0 bridgehead atoms. The van der Waals surface area contributed by atoms with Crippen LogP contribution in [0.25, 0.3) is 0 Å². The van der Waals surface area contributed by atoms with Crippen LogP contribution in [-0.2, 0) is 0 Å². The van der Waals surface area contributed by atoms with Crippen LogP contribution in [0.5, 0.6) is 0 Å². The zero-order valence-corrected chi connectivity index (χ0v) is 14.7. The Balaban J connectivity index is 1.79. The van der Waals surface area contributed by atoms with Gasteiger partial charge in [-0.1, -0.05) is 82.7 Å². The number of unbranched alkanes of at least 4 members (excludes halogenated alkanes) is 4. The summed E-state index contributed by atoms with van der Waals surface area (Å²) in [5.74, 6) is 0.705. The number of rotatable bonds is 10. The summed E-state index contributed by atoms with van der Waals surface area (Å²) in [5.41, 5.74) is 1.53. The lowest BCUT2D eigenvalue weighted by molar-refractivity contribution is 0.422. The minimum Gasteiger partial charge on any atom is -0.311 e. The zero-order valence-electron chi connectivity index (χ0n) is 14.7. The van der Waals surface area contributed by atoms with Gasteiger partial charge in [-0.3, -0.25) is 0 Å². The van der Waals surface area contributed by atoms with Crippen molar-refractivity contribution in [1.29, 1.82) is 0 Å². The van der Waals surface area contributed by atoms with Crippen LogP contribution in [0.4, 0.5) is 0 Å². The molecule has 0 unspecified atom stereocenters. The van der Waals surface area contributed by atoms with Crippen molar-refractivity contribution in [2.75, 3.05) is 0 Å². The molecule has 1 aliphatic heterocycles. The van der Waals surface area contributed by atoms with Crippen molar-refractivity contribution in [2.45, 2.75) is 96.1 Å². The molecule has 0 aromatic heterocycles. The Morgan fingerprint density at radius 3 is 2.45 bits per heavy atom. The van der Waals surface area contributed by atoms with Gasteiger partial charge in [-0.15, -0.1) is 0 Å². The van der Waals surface area contributed by atoms with Crippen molar-refractivity contribution >= 4 is 0 Å². The molecule has 0 saturated carbocycles. The second kappa shape index (κ2) is 10.0. The number of hydrogen-bond donors (Lipinski definition) is 1. The first-order chi connectivity index (χ1) is 10.8. The maximum Gasteiger partial charge on any atom is 0.0139 e. The maximum absolute atomic E-state index is 3.97. The molecule has 1 saturated heterocycles.